The van der Waals surface area contributed by atoms with Crippen LogP contribution in [-0.2, 0) is 0 Å². The number of hydrogen-bond acceptors (Lipinski definition) is 5. The van der Waals surface area contributed by atoms with E-state index in [2.05, 4.69) is 27.4 Å². The molecule has 1 amide bonds. The lowest BCUT2D eigenvalue weighted by atomic mass is 10.2. The quantitative estimate of drug-likeness (QED) is 0.720. The molecule has 0 radical (unpaired) electrons. The smallest absolute Gasteiger partial charge is 0.274 e. The second kappa shape index (κ2) is 8.31. The second-order valence-electron chi connectivity index (χ2n) is 6.39. The maximum atomic E-state index is 12.7. The molecule has 3 rings (SSSR count). The Labute approximate surface area is 164 Å². The molecule has 0 aliphatic heterocycles. The summed E-state index contributed by atoms with van der Waals surface area (Å²) in [4.78, 5) is 23.6. The summed E-state index contributed by atoms with van der Waals surface area (Å²) in [5, 5.41) is 11.8. The van der Waals surface area contributed by atoms with E-state index >= 15 is 0 Å². The molecule has 3 aromatic rings. The number of aromatic nitrogens is 2. The number of carbonyl (C=O) groups is 1. The summed E-state index contributed by atoms with van der Waals surface area (Å²) in [5.41, 5.74) is 3.46. The average Bonchev–Trinajstić information content (AvgIpc) is 2.68. The van der Waals surface area contributed by atoms with E-state index in [9.17, 15) is 4.79 Å². The molecule has 0 saturated heterocycles. The number of nitrogens with zero attached hydrogens (tertiary/aromatic N) is 4. The fourth-order valence-electron chi connectivity index (χ4n) is 2.94. The monoisotopic (exact) mass is 371 g/mol. The first-order chi connectivity index (χ1) is 13.5. The molecule has 2 aromatic carbocycles. The van der Waals surface area contributed by atoms with Gasteiger partial charge in [-0.15, -0.1) is 0 Å². The van der Waals surface area contributed by atoms with Gasteiger partial charge in [-0.2, -0.15) is 5.26 Å². The molecule has 0 saturated carbocycles. The molecule has 0 aliphatic carbocycles. The van der Waals surface area contributed by atoms with Crippen LogP contribution in [0.15, 0.2) is 54.6 Å². The van der Waals surface area contributed by atoms with Crippen LogP contribution >= 0.6 is 0 Å². The van der Waals surface area contributed by atoms with Gasteiger partial charge in [-0.3, -0.25) is 4.79 Å². The third kappa shape index (κ3) is 4.33. The molecule has 140 valence electrons. The van der Waals surface area contributed by atoms with Crippen LogP contribution < -0.4 is 10.2 Å². The SMILES string of the molecule is CCN(c1cccc(C)c1)c1cc(C(=O)Nc2cccc(C#N)c2)nc(C)n1. The van der Waals surface area contributed by atoms with Crippen LogP contribution in [0.25, 0.3) is 0 Å². The van der Waals surface area contributed by atoms with Gasteiger partial charge >= 0.3 is 0 Å². The summed E-state index contributed by atoms with van der Waals surface area (Å²) in [6, 6.07) is 18.6. The number of nitrogens with one attached hydrogen (secondary N) is 1. The zero-order valence-electron chi connectivity index (χ0n) is 16.1. The van der Waals surface area contributed by atoms with Gasteiger partial charge in [0.15, 0.2) is 0 Å². The topological polar surface area (TPSA) is 81.9 Å². The summed E-state index contributed by atoms with van der Waals surface area (Å²) in [6.07, 6.45) is 0. The summed E-state index contributed by atoms with van der Waals surface area (Å²) in [6.45, 7) is 6.54. The van der Waals surface area contributed by atoms with Crippen LogP contribution in [0, 0.1) is 25.2 Å². The van der Waals surface area contributed by atoms with Crippen molar-refractivity contribution < 1.29 is 4.79 Å². The van der Waals surface area contributed by atoms with Crippen molar-refractivity contribution in [3.05, 3.63) is 77.2 Å². The van der Waals surface area contributed by atoms with Crippen LogP contribution in [0.5, 0.6) is 0 Å². The third-order valence-electron chi connectivity index (χ3n) is 4.21. The Morgan fingerprint density at radius 3 is 2.61 bits per heavy atom. The van der Waals surface area contributed by atoms with E-state index in [1.54, 1.807) is 37.3 Å². The van der Waals surface area contributed by atoms with E-state index in [0.717, 1.165) is 11.3 Å². The zero-order valence-corrected chi connectivity index (χ0v) is 16.1. The van der Waals surface area contributed by atoms with Gasteiger partial charge in [-0.25, -0.2) is 9.97 Å². The predicted molar refractivity (Wildman–Crippen MR) is 110 cm³/mol. The van der Waals surface area contributed by atoms with Crippen molar-refractivity contribution in [1.82, 2.24) is 9.97 Å². The molecule has 0 unspecified atom stereocenters. The summed E-state index contributed by atoms with van der Waals surface area (Å²) < 4.78 is 0. The molecule has 0 bridgehead atoms. The summed E-state index contributed by atoms with van der Waals surface area (Å²) >= 11 is 0. The van der Waals surface area contributed by atoms with Crippen molar-refractivity contribution in [1.29, 1.82) is 5.26 Å². The molecule has 6 heteroatoms. The maximum Gasteiger partial charge on any atom is 0.274 e. The van der Waals surface area contributed by atoms with Crippen molar-refractivity contribution in [2.45, 2.75) is 20.8 Å². The number of amides is 1. The Balaban J connectivity index is 1.92. The number of hydrogen-bond donors (Lipinski definition) is 1. The molecular weight excluding hydrogens is 350 g/mol. The van der Waals surface area contributed by atoms with Crippen molar-refractivity contribution in [2.75, 3.05) is 16.8 Å². The van der Waals surface area contributed by atoms with Crippen LogP contribution in [0.1, 0.15) is 34.4 Å². The number of aryl methyl sites for hydroxylation is 2. The van der Waals surface area contributed by atoms with Crippen molar-refractivity contribution in [3.63, 3.8) is 0 Å². The number of rotatable bonds is 5. The van der Waals surface area contributed by atoms with Crippen LogP contribution in [0.4, 0.5) is 17.2 Å². The first kappa shape index (κ1) is 19.1. The Kier molecular flexibility index (Phi) is 5.66. The highest BCUT2D eigenvalue weighted by atomic mass is 16.1. The number of anilines is 3. The molecule has 6 nitrogen and oxygen atoms in total. The number of nitriles is 1. The van der Waals surface area contributed by atoms with E-state index in [4.69, 9.17) is 5.26 Å². The van der Waals surface area contributed by atoms with Gasteiger partial charge in [0, 0.05) is 24.0 Å². The molecule has 0 fully saturated rings. The van der Waals surface area contributed by atoms with Crippen LogP contribution in [0.3, 0.4) is 0 Å². The highest BCUT2D eigenvalue weighted by molar-refractivity contribution is 6.03. The lowest BCUT2D eigenvalue weighted by molar-refractivity contribution is 0.102. The van der Waals surface area contributed by atoms with Gasteiger partial charge < -0.3 is 10.2 Å². The highest BCUT2D eigenvalue weighted by Crippen LogP contribution is 2.25. The van der Waals surface area contributed by atoms with Crippen molar-refractivity contribution in [3.8, 4) is 6.07 Å². The fourth-order valence-corrected chi connectivity index (χ4v) is 2.94. The molecular formula is C22H21N5O. The largest absolute Gasteiger partial charge is 0.327 e. The van der Waals surface area contributed by atoms with E-state index in [1.807, 2.05) is 36.9 Å². The van der Waals surface area contributed by atoms with Gasteiger partial charge in [-0.05, 0) is 56.7 Å². The number of benzene rings is 2. The van der Waals surface area contributed by atoms with Gasteiger partial charge in [0.2, 0.25) is 0 Å². The average molecular weight is 371 g/mol. The van der Waals surface area contributed by atoms with Crippen molar-refractivity contribution >= 4 is 23.1 Å². The van der Waals surface area contributed by atoms with Crippen molar-refractivity contribution in [2.24, 2.45) is 0 Å². The number of carbonyl (C=O) groups excluding carboxylic acids is 1. The molecule has 1 N–H and O–H groups in total. The van der Waals surface area contributed by atoms with E-state index < -0.39 is 0 Å². The Morgan fingerprint density at radius 1 is 1.11 bits per heavy atom. The minimum absolute atomic E-state index is 0.274. The van der Waals surface area contributed by atoms with Gasteiger partial charge in [-0.1, -0.05) is 18.2 Å². The van der Waals surface area contributed by atoms with E-state index in [0.29, 0.717) is 29.4 Å². The molecule has 0 atom stereocenters. The first-order valence-corrected chi connectivity index (χ1v) is 9.01. The molecule has 1 aromatic heterocycles. The molecule has 1 heterocycles. The lowest BCUT2D eigenvalue weighted by Crippen LogP contribution is -2.21. The minimum Gasteiger partial charge on any atom is -0.327 e. The second-order valence-corrected chi connectivity index (χ2v) is 6.39. The Hall–Kier alpha value is -3.72. The highest BCUT2D eigenvalue weighted by Gasteiger charge is 2.15. The lowest BCUT2D eigenvalue weighted by Gasteiger charge is -2.23. The maximum absolute atomic E-state index is 12.7. The zero-order chi connectivity index (χ0) is 20.1. The van der Waals surface area contributed by atoms with Gasteiger partial charge in [0.05, 0.1) is 11.6 Å². The fraction of sp³-hybridized carbons (Fsp3) is 0.182. The standard InChI is InChI=1S/C22H21N5O/c1-4-27(19-10-5-7-15(2)11-19)21-13-20(24-16(3)25-21)22(28)26-18-9-6-8-17(12-18)14-23/h5-13H,4H2,1-3H3,(H,26,28). The Bertz CT molecular complexity index is 1050. The molecule has 28 heavy (non-hydrogen) atoms. The van der Waals surface area contributed by atoms with Gasteiger partial charge in [0.1, 0.15) is 17.3 Å². The summed E-state index contributed by atoms with van der Waals surface area (Å²) in [7, 11) is 0. The third-order valence-corrected chi connectivity index (χ3v) is 4.21. The van der Waals surface area contributed by atoms with Gasteiger partial charge in [0.25, 0.3) is 5.91 Å². The van der Waals surface area contributed by atoms with Crippen LogP contribution in [-0.4, -0.2) is 22.4 Å². The predicted octanol–water partition coefficient (Wildman–Crippen LogP) is 4.38. The molecule has 0 aliphatic rings. The van der Waals surface area contributed by atoms with E-state index in [-0.39, 0.29) is 11.6 Å². The molecule has 0 spiro atoms. The Morgan fingerprint density at radius 2 is 1.89 bits per heavy atom. The van der Waals surface area contributed by atoms with Crippen LogP contribution in [0.2, 0.25) is 0 Å². The first-order valence-electron chi connectivity index (χ1n) is 9.01. The normalized spacial score (nSPS) is 10.2. The summed E-state index contributed by atoms with van der Waals surface area (Å²) in [5.74, 6) is 0.832. The minimum atomic E-state index is -0.345. The van der Waals surface area contributed by atoms with E-state index in [1.165, 1.54) is 0 Å².